The Morgan fingerprint density at radius 3 is 1.57 bits per heavy atom. The van der Waals surface area contributed by atoms with Gasteiger partial charge in [0.2, 0.25) is 17.2 Å². The van der Waals surface area contributed by atoms with Crippen molar-refractivity contribution in [2.45, 2.75) is 36.6 Å². The van der Waals surface area contributed by atoms with E-state index >= 15 is 0 Å². The molecule has 4 aliphatic rings. The van der Waals surface area contributed by atoms with Crippen LogP contribution in [0.4, 0.5) is 0 Å². The summed E-state index contributed by atoms with van der Waals surface area (Å²) in [6, 6.07) is 0.601. The monoisotopic (exact) mass is 807 g/mol. The van der Waals surface area contributed by atoms with Crippen LogP contribution in [0.15, 0.2) is 24.3 Å². The number of esters is 4. The molecule has 6 atom stereocenters. The molecule has 4 heterocycles. The Bertz CT molecular complexity index is 2600. The molecule has 0 aliphatic carbocycles. The zero-order chi connectivity index (χ0) is 42.0. The number of ether oxygens (including phenoxy) is 4. The highest BCUT2D eigenvalue weighted by atomic mass is 16.6. The lowest BCUT2D eigenvalue weighted by atomic mass is 9.87. The van der Waals surface area contributed by atoms with Crippen LogP contribution < -0.4 is 5.32 Å². The molecule has 22 heteroatoms. The molecule has 4 aliphatic heterocycles. The minimum Gasteiger partial charge on any atom is -0.507 e. The zero-order valence-corrected chi connectivity index (χ0v) is 28.5. The molecule has 0 radical (unpaired) electrons. The highest BCUT2D eigenvalue weighted by Crippen LogP contribution is 2.54. The molecule has 1 amide bonds. The van der Waals surface area contributed by atoms with Crippen LogP contribution in [0.25, 0.3) is 11.1 Å². The number of carbonyl (C=O) groups excluding carboxylic acids is 5. The van der Waals surface area contributed by atoms with E-state index in [-0.39, 0.29) is 0 Å². The molecule has 0 fully saturated rings. The summed E-state index contributed by atoms with van der Waals surface area (Å²) in [6.07, 6.45) is -12.1. The van der Waals surface area contributed by atoms with E-state index in [0.717, 1.165) is 6.07 Å². The summed E-state index contributed by atoms with van der Waals surface area (Å²) >= 11 is 0. The molecular formula is C36H25NO21. The van der Waals surface area contributed by atoms with Crippen molar-refractivity contribution in [3.05, 3.63) is 68.8 Å². The number of aliphatic hydroxyl groups excluding tert-OH is 2. The minimum absolute atomic E-state index is 0.414. The van der Waals surface area contributed by atoms with Gasteiger partial charge in [0.15, 0.2) is 52.8 Å². The Labute approximate surface area is 319 Å². The molecule has 13 N–H and O–H groups in total. The molecule has 0 saturated heterocycles. The molecule has 0 aromatic heterocycles. The van der Waals surface area contributed by atoms with Gasteiger partial charge in [0.25, 0.3) is 5.91 Å². The van der Waals surface area contributed by atoms with Gasteiger partial charge in [-0.25, -0.2) is 19.2 Å². The predicted octanol–water partition coefficient (Wildman–Crippen LogP) is 0.111. The minimum atomic E-state index is -2.64. The van der Waals surface area contributed by atoms with Crippen molar-refractivity contribution in [2.24, 2.45) is 0 Å². The zero-order valence-electron chi connectivity index (χ0n) is 28.5. The number of carbonyl (C=O) groups is 5. The molecule has 8 rings (SSSR count). The van der Waals surface area contributed by atoms with Crippen molar-refractivity contribution in [3.8, 4) is 68.6 Å². The molecule has 4 aromatic carbocycles. The fourth-order valence-corrected chi connectivity index (χ4v) is 7.41. The first-order chi connectivity index (χ1) is 27.3. The lowest BCUT2D eigenvalue weighted by molar-refractivity contribution is -0.146. The molecule has 0 saturated carbocycles. The van der Waals surface area contributed by atoms with E-state index in [1.807, 2.05) is 0 Å². The van der Waals surface area contributed by atoms with Gasteiger partial charge in [0.1, 0.15) is 24.6 Å². The number of hydrogen-bond donors (Lipinski definition) is 13. The summed E-state index contributed by atoms with van der Waals surface area (Å²) in [4.78, 5) is 68.4. The van der Waals surface area contributed by atoms with E-state index in [0.29, 0.717) is 18.2 Å². The van der Waals surface area contributed by atoms with E-state index in [1.54, 1.807) is 0 Å². The average Bonchev–Trinajstić information content (AvgIpc) is 3.70. The number of fused-ring (bicyclic) bond motifs is 6. The van der Waals surface area contributed by atoms with Gasteiger partial charge >= 0.3 is 23.9 Å². The second-order valence-corrected chi connectivity index (χ2v) is 13.4. The Balaban J connectivity index is 1.39. The summed E-state index contributed by atoms with van der Waals surface area (Å²) in [7, 11) is 0. The smallest absolute Gasteiger partial charge is 0.339 e. The lowest BCUT2D eigenvalue weighted by Crippen LogP contribution is -2.52. The Morgan fingerprint density at radius 1 is 0.483 bits per heavy atom. The molecule has 2 bridgehead atoms. The van der Waals surface area contributed by atoms with E-state index < -0.39 is 186 Å². The van der Waals surface area contributed by atoms with E-state index in [1.165, 1.54) is 0 Å². The summed E-state index contributed by atoms with van der Waals surface area (Å²) in [5, 5.41) is 133. The Kier molecular flexibility index (Phi) is 8.05. The molecule has 4 aromatic rings. The average molecular weight is 808 g/mol. The molecule has 58 heavy (non-hydrogen) atoms. The normalized spacial score (nSPS) is 23.4. The maximum atomic E-state index is 14.2. The number of benzene rings is 4. The summed E-state index contributed by atoms with van der Waals surface area (Å²) < 4.78 is 21.6. The number of hydrogen-bond acceptors (Lipinski definition) is 21. The number of amides is 1. The quantitative estimate of drug-likeness (QED) is 0.0637. The van der Waals surface area contributed by atoms with Crippen LogP contribution in [0.1, 0.15) is 80.6 Å². The van der Waals surface area contributed by atoms with E-state index in [2.05, 4.69) is 5.32 Å². The standard InChI is InChI=1S/C36H25NO21/c38-11-2-8-15(25(45)21(11)41)16-9(3-12(39)22(42)26(16)46)36(54)57-30-14(5-55-33(8)51)56-34(52)10-4-13(40)23(43)27(47)18(10)20-17-6(32(50)37-20)1-7-19(24(17)44)31(58-35(7)53)29(49)28(30)48/h1-4,14,20,28-31,38-49H,5H2,(H,37,50)/t14-,20-,28+,29+,30-,31+/m1/s1. The van der Waals surface area contributed by atoms with Gasteiger partial charge in [-0.1, -0.05) is 0 Å². The molecule has 300 valence electrons. The van der Waals surface area contributed by atoms with Crippen LogP contribution >= 0.6 is 0 Å². The van der Waals surface area contributed by atoms with Gasteiger partial charge in [0.05, 0.1) is 33.9 Å². The maximum Gasteiger partial charge on any atom is 0.339 e. The van der Waals surface area contributed by atoms with Crippen LogP contribution in [0.5, 0.6) is 57.5 Å². The first kappa shape index (κ1) is 37.1. The number of cyclic esters (lactones) is 1. The molecular weight excluding hydrogens is 782 g/mol. The third kappa shape index (κ3) is 5.08. The molecule has 0 spiro atoms. The second kappa shape index (κ2) is 12.6. The maximum absolute atomic E-state index is 14.2. The van der Waals surface area contributed by atoms with Crippen LogP contribution in [0, 0.1) is 0 Å². The molecule has 0 unspecified atom stereocenters. The highest BCUT2D eigenvalue weighted by Gasteiger charge is 2.51. The van der Waals surface area contributed by atoms with Gasteiger partial charge < -0.3 is 85.5 Å². The van der Waals surface area contributed by atoms with Gasteiger partial charge in [-0.2, -0.15) is 0 Å². The number of phenolic OH excluding ortho intramolecular Hbond substituents is 10. The largest absolute Gasteiger partial charge is 0.507 e. The van der Waals surface area contributed by atoms with E-state index in [4.69, 9.17) is 18.9 Å². The number of nitrogens with one attached hydrogen (secondary N) is 1. The first-order valence-electron chi connectivity index (χ1n) is 16.5. The lowest BCUT2D eigenvalue weighted by Gasteiger charge is -2.33. The predicted molar refractivity (Wildman–Crippen MR) is 180 cm³/mol. The summed E-state index contributed by atoms with van der Waals surface area (Å²) in [5.74, 6) is -19.8. The third-order valence-electron chi connectivity index (χ3n) is 10.2. The van der Waals surface area contributed by atoms with Crippen molar-refractivity contribution in [2.75, 3.05) is 6.61 Å². The van der Waals surface area contributed by atoms with Crippen molar-refractivity contribution < 1.29 is 104 Å². The topological polar surface area (TPSA) is 377 Å². The van der Waals surface area contributed by atoms with Crippen LogP contribution in [0.3, 0.4) is 0 Å². The third-order valence-corrected chi connectivity index (χ3v) is 10.2. The van der Waals surface area contributed by atoms with Crippen LogP contribution in [-0.4, -0.2) is 122 Å². The fraction of sp³-hybridized carbons (Fsp3) is 0.194. The van der Waals surface area contributed by atoms with Crippen molar-refractivity contribution in [3.63, 3.8) is 0 Å². The summed E-state index contributed by atoms with van der Waals surface area (Å²) in [6.45, 7) is -1.32. The van der Waals surface area contributed by atoms with Crippen molar-refractivity contribution in [1.82, 2.24) is 5.32 Å². The number of rotatable bonds is 0. The highest BCUT2D eigenvalue weighted by molar-refractivity contribution is 6.09. The van der Waals surface area contributed by atoms with Gasteiger partial charge in [0, 0.05) is 27.8 Å². The number of phenols is 10. The first-order valence-corrected chi connectivity index (χ1v) is 16.5. The SMILES string of the molecule is O=C1OC[C@H]2OC(=O)c3cc(O)c(O)c(O)c3[C@@H]3NC(=O)c4cc5c(c(O)c43)[C@H](OC5=O)[C@@H](O)[C@H](O)[C@@H]2OC(=O)c2cc(O)c(O)c(O)c2-c2c1cc(O)c(O)c2O. The van der Waals surface area contributed by atoms with Crippen LogP contribution in [-0.2, 0) is 18.9 Å². The fourth-order valence-electron chi connectivity index (χ4n) is 7.41. The van der Waals surface area contributed by atoms with Crippen molar-refractivity contribution in [1.29, 1.82) is 0 Å². The Morgan fingerprint density at radius 2 is 0.966 bits per heavy atom. The second-order valence-electron chi connectivity index (χ2n) is 13.4. The van der Waals surface area contributed by atoms with E-state index in [9.17, 15) is 85.3 Å². The van der Waals surface area contributed by atoms with Gasteiger partial charge in [-0.3, -0.25) is 4.79 Å². The summed E-state index contributed by atoms with van der Waals surface area (Å²) in [5.41, 5.74) is -7.67. The molecule has 22 nitrogen and oxygen atoms in total. The van der Waals surface area contributed by atoms with Crippen LogP contribution in [0.2, 0.25) is 0 Å². The number of aromatic hydroxyl groups is 10. The van der Waals surface area contributed by atoms with Gasteiger partial charge in [-0.05, 0) is 24.3 Å². The Hall–Kier alpha value is -7.85. The number of aliphatic hydroxyl groups is 2. The van der Waals surface area contributed by atoms with Gasteiger partial charge in [-0.15, -0.1) is 0 Å². The van der Waals surface area contributed by atoms with Crippen molar-refractivity contribution >= 4 is 29.8 Å².